The Kier molecular flexibility index (Phi) is 7.04. The summed E-state index contributed by atoms with van der Waals surface area (Å²) in [4.78, 5) is 10.5. The fraction of sp³-hybridized carbons (Fsp3) is 0.875. The van der Waals surface area contributed by atoms with E-state index in [1.54, 1.807) is 0 Å². The highest BCUT2D eigenvalue weighted by atomic mass is 32.9. The maximum Gasteiger partial charge on any atom is 0.314 e. The van der Waals surface area contributed by atoms with Crippen LogP contribution in [0.25, 0.3) is 0 Å². The first kappa shape index (κ1) is 15.4. The van der Waals surface area contributed by atoms with Gasteiger partial charge in [0, 0.05) is 0 Å². The summed E-state index contributed by atoms with van der Waals surface area (Å²) in [5, 5.41) is 8.58. The van der Waals surface area contributed by atoms with Crippen molar-refractivity contribution in [1.29, 1.82) is 0 Å². The van der Waals surface area contributed by atoms with E-state index in [1.807, 2.05) is 27.7 Å². The zero-order chi connectivity index (χ0) is 12.1. The van der Waals surface area contributed by atoms with E-state index in [1.165, 1.54) is 0 Å². The Hall–Kier alpha value is 0.390. The van der Waals surface area contributed by atoms with Gasteiger partial charge in [-0.25, -0.2) is 0 Å². The summed E-state index contributed by atoms with van der Waals surface area (Å²) in [6.07, 6.45) is -0.119. The van der Waals surface area contributed by atoms with E-state index in [0.29, 0.717) is 0 Å². The number of carbonyl (C=O) groups is 1. The third-order valence-electron chi connectivity index (χ3n) is 1.03. The first-order chi connectivity index (χ1) is 6.75. The second kappa shape index (κ2) is 6.86. The Balaban J connectivity index is 4.40. The van der Waals surface area contributed by atoms with Gasteiger partial charge in [-0.15, -0.1) is 0 Å². The van der Waals surface area contributed by atoms with Crippen molar-refractivity contribution < 1.29 is 18.9 Å². The van der Waals surface area contributed by atoms with E-state index in [-0.39, 0.29) is 18.0 Å². The van der Waals surface area contributed by atoms with Crippen LogP contribution in [0.15, 0.2) is 0 Å². The van der Waals surface area contributed by atoms with Gasteiger partial charge in [-0.1, -0.05) is 11.4 Å². The number of rotatable bonds is 7. The zero-order valence-corrected chi connectivity index (χ0v) is 11.8. The molecule has 0 rings (SSSR count). The number of aliphatic carboxylic acids is 1. The van der Waals surface area contributed by atoms with Crippen molar-refractivity contribution in [3.63, 3.8) is 0 Å². The summed E-state index contributed by atoms with van der Waals surface area (Å²) in [5.74, 6) is -0.995. The van der Waals surface area contributed by atoms with Crippen molar-refractivity contribution in [2.24, 2.45) is 0 Å². The van der Waals surface area contributed by atoms with Crippen LogP contribution in [0, 0.1) is 0 Å². The maximum absolute atomic E-state index is 10.5. The summed E-state index contributed by atoms with van der Waals surface area (Å²) >= 11 is 6.31. The predicted molar refractivity (Wildman–Crippen MR) is 66.8 cm³/mol. The van der Waals surface area contributed by atoms with Gasteiger partial charge in [0.05, 0.1) is 12.2 Å². The summed E-state index contributed by atoms with van der Waals surface area (Å²) in [5.41, 5.74) is -2.52. The number of carboxylic acid groups (broad SMARTS) is 1. The van der Waals surface area contributed by atoms with Crippen LogP contribution in [0.4, 0.5) is 0 Å². The molecule has 0 aromatic heterocycles. The Morgan fingerprint density at radius 2 is 1.73 bits per heavy atom. The van der Waals surface area contributed by atoms with Crippen molar-refractivity contribution in [3.05, 3.63) is 0 Å². The average molecular weight is 272 g/mol. The molecular formula is C8H17O4PS2. The van der Waals surface area contributed by atoms with Gasteiger partial charge in [0.1, 0.15) is 5.75 Å². The largest absolute Gasteiger partial charge is 0.481 e. The van der Waals surface area contributed by atoms with Gasteiger partial charge in [0.25, 0.3) is 0 Å². The summed E-state index contributed by atoms with van der Waals surface area (Å²) in [7, 11) is 0. The molecule has 0 unspecified atom stereocenters. The maximum atomic E-state index is 10.5. The lowest BCUT2D eigenvalue weighted by Gasteiger charge is -2.24. The Labute approximate surface area is 99.6 Å². The first-order valence-corrected chi connectivity index (χ1v) is 8.81. The lowest BCUT2D eigenvalue weighted by molar-refractivity contribution is -0.133. The van der Waals surface area contributed by atoms with E-state index < -0.39 is 11.7 Å². The standard InChI is InChI=1S/C8H17O4PS2/c1-6(2)11-13(14,12-7(3)4)15-5-8(9)10/h6-7H,5H2,1-4H3,(H,9,10). The second-order valence-corrected chi connectivity index (χ2v) is 9.64. The molecule has 7 heteroatoms. The minimum Gasteiger partial charge on any atom is -0.481 e. The van der Waals surface area contributed by atoms with Gasteiger partial charge in [-0.3, -0.25) is 4.79 Å². The lowest BCUT2D eigenvalue weighted by atomic mass is 10.5. The average Bonchev–Trinajstić information content (AvgIpc) is 1.97. The monoisotopic (exact) mass is 272 g/mol. The highest BCUT2D eigenvalue weighted by molar-refractivity contribution is 8.68. The van der Waals surface area contributed by atoms with Crippen molar-refractivity contribution >= 4 is 34.9 Å². The molecule has 0 aromatic carbocycles. The molecule has 0 aliphatic carbocycles. The van der Waals surface area contributed by atoms with Crippen molar-refractivity contribution in [2.75, 3.05) is 5.75 Å². The van der Waals surface area contributed by atoms with Crippen LogP contribution >= 0.6 is 17.1 Å². The van der Waals surface area contributed by atoms with Crippen LogP contribution in [-0.4, -0.2) is 29.0 Å². The molecule has 0 aromatic rings. The number of hydrogen-bond donors (Lipinski definition) is 1. The van der Waals surface area contributed by atoms with Crippen LogP contribution < -0.4 is 0 Å². The minimum atomic E-state index is -2.52. The fourth-order valence-corrected chi connectivity index (χ4v) is 5.92. The van der Waals surface area contributed by atoms with Gasteiger partial charge >= 0.3 is 5.97 Å². The Morgan fingerprint density at radius 3 is 2.00 bits per heavy atom. The summed E-state index contributed by atoms with van der Waals surface area (Å²) < 4.78 is 11.0. The third-order valence-corrected chi connectivity index (χ3v) is 6.40. The Morgan fingerprint density at radius 1 is 1.33 bits per heavy atom. The normalized spacial score (nSPS) is 12.4. The smallest absolute Gasteiger partial charge is 0.314 e. The molecule has 0 saturated heterocycles. The number of hydrogen-bond acceptors (Lipinski definition) is 5. The summed E-state index contributed by atoms with van der Waals surface area (Å²) in [6, 6.07) is 0. The van der Waals surface area contributed by atoms with E-state index in [2.05, 4.69) is 0 Å². The SMILES string of the molecule is CC(C)OP(=S)(OC(C)C)SCC(=O)O. The quantitative estimate of drug-likeness (QED) is 0.719. The molecule has 0 saturated carbocycles. The molecule has 0 bridgehead atoms. The third kappa shape index (κ3) is 8.22. The van der Waals surface area contributed by atoms with E-state index >= 15 is 0 Å². The second-order valence-electron chi connectivity index (χ2n) is 3.42. The van der Waals surface area contributed by atoms with Crippen LogP contribution in [0.2, 0.25) is 0 Å². The molecule has 1 N–H and O–H groups in total. The highest BCUT2D eigenvalue weighted by Gasteiger charge is 2.24. The first-order valence-electron chi connectivity index (χ1n) is 4.58. The highest BCUT2D eigenvalue weighted by Crippen LogP contribution is 2.62. The lowest BCUT2D eigenvalue weighted by Crippen LogP contribution is -2.07. The van der Waals surface area contributed by atoms with Crippen LogP contribution in [0.5, 0.6) is 0 Å². The summed E-state index contributed by atoms with van der Waals surface area (Å²) in [6.45, 7) is 7.41. The van der Waals surface area contributed by atoms with E-state index in [0.717, 1.165) is 11.4 Å². The van der Waals surface area contributed by atoms with Crippen LogP contribution in [-0.2, 0) is 25.6 Å². The van der Waals surface area contributed by atoms with Gasteiger partial charge in [-0.2, -0.15) is 0 Å². The molecule has 0 spiro atoms. The molecule has 0 radical (unpaired) electrons. The molecule has 15 heavy (non-hydrogen) atoms. The molecule has 0 atom stereocenters. The van der Waals surface area contributed by atoms with E-state index in [4.69, 9.17) is 26.0 Å². The number of carboxylic acids is 1. The van der Waals surface area contributed by atoms with Crippen molar-refractivity contribution in [1.82, 2.24) is 0 Å². The van der Waals surface area contributed by atoms with Crippen molar-refractivity contribution in [3.8, 4) is 0 Å². The van der Waals surface area contributed by atoms with Gasteiger partial charge in [-0.05, 0) is 39.5 Å². The fourth-order valence-electron chi connectivity index (χ4n) is 0.736. The molecule has 4 nitrogen and oxygen atoms in total. The molecule has 0 fully saturated rings. The van der Waals surface area contributed by atoms with Gasteiger partial charge < -0.3 is 14.2 Å². The molecular weight excluding hydrogens is 255 g/mol. The van der Waals surface area contributed by atoms with Crippen LogP contribution in [0.3, 0.4) is 0 Å². The predicted octanol–water partition coefficient (Wildman–Crippen LogP) is 2.88. The van der Waals surface area contributed by atoms with Gasteiger partial charge in [0.15, 0.2) is 0 Å². The molecule has 0 aliphatic rings. The molecule has 0 aliphatic heterocycles. The molecule has 0 amide bonds. The Bertz CT molecular complexity index is 241. The molecule has 0 heterocycles. The van der Waals surface area contributed by atoms with Gasteiger partial charge in [0.2, 0.25) is 5.69 Å². The van der Waals surface area contributed by atoms with Crippen LogP contribution in [0.1, 0.15) is 27.7 Å². The van der Waals surface area contributed by atoms with E-state index in [9.17, 15) is 4.79 Å². The van der Waals surface area contributed by atoms with Crippen molar-refractivity contribution in [2.45, 2.75) is 39.9 Å². The zero-order valence-electron chi connectivity index (χ0n) is 9.30. The minimum absolute atomic E-state index is 0.0594. The molecule has 90 valence electrons. The topological polar surface area (TPSA) is 55.8 Å².